The van der Waals surface area contributed by atoms with Crippen molar-refractivity contribution in [3.8, 4) is 11.8 Å². The summed E-state index contributed by atoms with van der Waals surface area (Å²) in [6.45, 7) is 1.68. The molecule has 0 radical (unpaired) electrons. The first-order chi connectivity index (χ1) is 12.4. The Morgan fingerprint density at radius 1 is 1.23 bits per heavy atom. The largest absolute Gasteiger partial charge is 0.281 e. The lowest BCUT2D eigenvalue weighted by molar-refractivity contribution is 0.577. The van der Waals surface area contributed by atoms with Crippen LogP contribution in [0.15, 0.2) is 36.8 Å². The minimum atomic E-state index is -3.70. The van der Waals surface area contributed by atoms with Crippen molar-refractivity contribution in [1.82, 2.24) is 14.6 Å². The summed E-state index contributed by atoms with van der Waals surface area (Å²) < 4.78 is 55.7. The normalized spacial score (nSPS) is 11.2. The highest BCUT2D eigenvalue weighted by Gasteiger charge is 2.16. The van der Waals surface area contributed by atoms with Crippen molar-refractivity contribution in [2.45, 2.75) is 13.3 Å². The minimum absolute atomic E-state index is 0.166. The lowest BCUT2D eigenvalue weighted by Crippen LogP contribution is -2.17. The molecule has 0 unspecified atom stereocenters. The van der Waals surface area contributed by atoms with Crippen LogP contribution in [0.3, 0.4) is 0 Å². The summed E-state index contributed by atoms with van der Waals surface area (Å²) in [5, 5.41) is 4.00. The number of nitrogens with one attached hydrogen (secondary N) is 1. The van der Waals surface area contributed by atoms with E-state index in [-0.39, 0.29) is 11.4 Å². The van der Waals surface area contributed by atoms with E-state index in [0.717, 1.165) is 12.1 Å². The quantitative estimate of drug-likeness (QED) is 0.710. The maximum absolute atomic E-state index is 14.5. The Hall–Kier alpha value is -2.99. The van der Waals surface area contributed by atoms with Gasteiger partial charge in [-0.15, -0.1) is 0 Å². The highest BCUT2D eigenvalue weighted by Crippen LogP contribution is 2.22. The average molecular weight is 376 g/mol. The van der Waals surface area contributed by atoms with Gasteiger partial charge in [0.05, 0.1) is 28.8 Å². The molecule has 3 rings (SSSR count). The number of benzene rings is 1. The Balaban J connectivity index is 1.96. The van der Waals surface area contributed by atoms with E-state index in [1.807, 2.05) is 0 Å². The summed E-state index contributed by atoms with van der Waals surface area (Å²) in [5.41, 5.74) is 0.143. The summed E-state index contributed by atoms with van der Waals surface area (Å²) in [6.07, 6.45) is 4.95. The molecule has 0 saturated heterocycles. The SMILES string of the molecule is CCCS(=O)(=O)Nc1ccc(F)c(C#Cc2cnc3ccnn3c2)c1F. The molecule has 3 aromatic rings. The molecule has 0 saturated carbocycles. The zero-order valence-electron chi connectivity index (χ0n) is 13.7. The molecule has 134 valence electrons. The monoisotopic (exact) mass is 376 g/mol. The van der Waals surface area contributed by atoms with Crippen molar-refractivity contribution in [3.63, 3.8) is 0 Å². The van der Waals surface area contributed by atoms with E-state index in [9.17, 15) is 17.2 Å². The van der Waals surface area contributed by atoms with E-state index in [1.165, 1.54) is 10.7 Å². The maximum Gasteiger partial charge on any atom is 0.232 e. The lowest BCUT2D eigenvalue weighted by atomic mass is 10.1. The summed E-state index contributed by atoms with van der Waals surface area (Å²) in [4.78, 5) is 4.10. The summed E-state index contributed by atoms with van der Waals surface area (Å²) >= 11 is 0. The van der Waals surface area contributed by atoms with Gasteiger partial charge >= 0.3 is 0 Å². The van der Waals surface area contributed by atoms with Gasteiger partial charge in [-0.05, 0) is 18.6 Å². The van der Waals surface area contributed by atoms with E-state index in [4.69, 9.17) is 0 Å². The predicted octanol–water partition coefficient (Wildman–Crippen LogP) is 2.56. The van der Waals surface area contributed by atoms with Crippen molar-refractivity contribution in [2.75, 3.05) is 10.5 Å². The van der Waals surface area contributed by atoms with Crippen LogP contribution in [0.25, 0.3) is 5.65 Å². The second-order valence-electron chi connectivity index (χ2n) is 5.43. The van der Waals surface area contributed by atoms with Crippen LogP contribution in [-0.2, 0) is 10.0 Å². The topological polar surface area (TPSA) is 76.4 Å². The van der Waals surface area contributed by atoms with Gasteiger partial charge in [-0.1, -0.05) is 18.8 Å². The van der Waals surface area contributed by atoms with Gasteiger partial charge in [-0.25, -0.2) is 26.7 Å². The number of anilines is 1. The molecule has 9 heteroatoms. The molecule has 0 aliphatic carbocycles. The van der Waals surface area contributed by atoms with E-state index in [0.29, 0.717) is 17.6 Å². The molecule has 0 fully saturated rings. The molecule has 2 aromatic heterocycles. The van der Waals surface area contributed by atoms with Crippen LogP contribution in [0.2, 0.25) is 0 Å². The van der Waals surface area contributed by atoms with Crippen molar-refractivity contribution in [1.29, 1.82) is 0 Å². The Morgan fingerprint density at radius 2 is 2.04 bits per heavy atom. The molecule has 0 aliphatic rings. The van der Waals surface area contributed by atoms with Gasteiger partial charge in [-0.3, -0.25) is 4.72 Å². The highest BCUT2D eigenvalue weighted by molar-refractivity contribution is 7.92. The van der Waals surface area contributed by atoms with E-state index >= 15 is 0 Å². The Morgan fingerprint density at radius 3 is 2.81 bits per heavy atom. The highest BCUT2D eigenvalue weighted by atomic mass is 32.2. The third kappa shape index (κ3) is 3.81. The second-order valence-corrected chi connectivity index (χ2v) is 7.27. The van der Waals surface area contributed by atoms with Gasteiger partial charge in [0.25, 0.3) is 0 Å². The fourth-order valence-electron chi connectivity index (χ4n) is 2.24. The molecular weight excluding hydrogens is 362 g/mol. The molecule has 0 atom stereocenters. The number of sulfonamides is 1. The molecule has 0 amide bonds. The van der Waals surface area contributed by atoms with Gasteiger partial charge in [0, 0.05) is 18.5 Å². The first-order valence-corrected chi connectivity index (χ1v) is 9.35. The number of hydrogen-bond acceptors (Lipinski definition) is 4. The lowest BCUT2D eigenvalue weighted by Gasteiger charge is -2.09. The van der Waals surface area contributed by atoms with Gasteiger partial charge in [0.2, 0.25) is 10.0 Å². The van der Waals surface area contributed by atoms with Crippen LogP contribution in [0.1, 0.15) is 24.5 Å². The van der Waals surface area contributed by atoms with Gasteiger partial charge in [0.15, 0.2) is 11.5 Å². The van der Waals surface area contributed by atoms with E-state index in [2.05, 4.69) is 26.6 Å². The summed E-state index contributed by atoms with van der Waals surface area (Å²) in [6, 6.07) is 3.69. The molecule has 0 spiro atoms. The third-order valence-corrected chi connectivity index (χ3v) is 4.88. The Labute approximate surface area is 148 Å². The number of aromatic nitrogens is 3. The van der Waals surface area contributed by atoms with Crippen LogP contribution in [0.4, 0.5) is 14.5 Å². The zero-order chi connectivity index (χ0) is 18.7. The number of fused-ring (bicyclic) bond motifs is 1. The molecule has 26 heavy (non-hydrogen) atoms. The number of rotatable bonds is 4. The van der Waals surface area contributed by atoms with Crippen molar-refractivity contribution < 1.29 is 17.2 Å². The molecule has 1 aromatic carbocycles. The predicted molar refractivity (Wildman–Crippen MR) is 93.0 cm³/mol. The second kappa shape index (κ2) is 7.09. The van der Waals surface area contributed by atoms with Crippen LogP contribution in [0, 0.1) is 23.5 Å². The van der Waals surface area contributed by atoms with Gasteiger partial charge in [-0.2, -0.15) is 5.10 Å². The van der Waals surface area contributed by atoms with Crippen molar-refractivity contribution in [2.24, 2.45) is 0 Å². The van der Waals surface area contributed by atoms with Crippen LogP contribution in [-0.4, -0.2) is 28.8 Å². The molecule has 0 bridgehead atoms. The van der Waals surface area contributed by atoms with E-state index < -0.39 is 27.2 Å². The van der Waals surface area contributed by atoms with E-state index in [1.54, 1.807) is 25.4 Å². The third-order valence-electron chi connectivity index (χ3n) is 3.41. The average Bonchev–Trinajstić information content (AvgIpc) is 3.05. The van der Waals surface area contributed by atoms with Crippen molar-refractivity contribution in [3.05, 3.63) is 59.6 Å². The van der Waals surface area contributed by atoms with Crippen LogP contribution in [0.5, 0.6) is 0 Å². The summed E-state index contributed by atoms with van der Waals surface area (Å²) in [5.74, 6) is 2.89. The first kappa shape index (κ1) is 17.8. The van der Waals surface area contributed by atoms with Gasteiger partial charge < -0.3 is 0 Å². The Kier molecular flexibility index (Phi) is 4.86. The smallest absolute Gasteiger partial charge is 0.232 e. The maximum atomic E-state index is 14.5. The van der Waals surface area contributed by atoms with Crippen LogP contribution >= 0.6 is 0 Å². The number of halogens is 2. The molecule has 0 aliphatic heterocycles. The number of nitrogens with zero attached hydrogens (tertiary/aromatic N) is 3. The molecular formula is C17H14F2N4O2S. The fraction of sp³-hybridized carbons (Fsp3) is 0.176. The summed E-state index contributed by atoms with van der Waals surface area (Å²) in [7, 11) is -3.70. The fourth-order valence-corrected chi connectivity index (χ4v) is 3.37. The number of hydrogen-bond donors (Lipinski definition) is 1. The first-order valence-electron chi connectivity index (χ1n) is 7.69. The minimum Gasteiger partial charge on any atom is -0.281 e. The van der Waals surface area contributed by atoms with Gasteiger partial charge in [0.1, 0.15) is 5.82 Å². The Bertz CT molecular complexity index is 1130. The molecule has 1 N–H and O–H groups in total. The standard InChI is InChI=1S/C17H14F2N4O2S/c1-2-9-26(24,25)22-15-6-5-14(18)13(17(15)19)4-3-12-10-20-16-7-8-21-23(16)11-12/h5-8,10-11,22H,2,9H2,1H3. The molecule has 2 heterocycles. The van der Waals surface area contributed by atoms with Crippen molar-refractivity contribution >= 4 is 21.4 Å². The zero-order valence-corrected chi connectivity index (χ0v) is 14.5. The molecule has 6 nitrogen and oxygen atoms in total. The van der Waals surface area contributed by atoms with Crippen LogP contribution < -0.4 is 4.72 Å².